The molecule has 5 heteroatoms. The van der Waals surface area contributed by atoms with Gasteiger partial charge in [0.2, 0.25) is 0 Å². The topological polar surface area (TPSA) is 61.3 Å². The second kappa shape index (κ2) is 8.28. The van der Waals surface area contributed by atoms with Gasteiger partial charge in [0.15, 0.2) is 0 Å². The molecule has 0 aromatic heterocycles. The van der Waals surface area contributed by atoms with Crippen LogP contribution in [0.15, 0.2) is 18.2 Å². The van der Waals surface area contributed by atoms with Gasteiger partial charge in [0.05, 0.1) is 7.11 Å². The molecule has 0 aliphatic carbocycles. The van der Waals surface area contributed by atoms with Crippen molar-refractivity contribution in [3.05, 3.63) is 29.6 Å². The second-order valence-corrected chi connectivity index (χ2v) is 3.78. The van der Waals surface area contributed by atoms with Crippen molar-refractivity contribution in [1.82, 2.24) is 0 Å². The van der Waals surface area contributed by atoms with Crippen molar-refractivity contribution < 1.29 is 9.13 Å². The van der Waals surface area contributed by atoms with Crippen molar-refractivity contribution >= 4 is 12.4 Å². The minimum atomic E-state index is -0.306. The summed E-state index contributed by atoms with van der Waals surface area (Å²) in [6, 6.07) is 4.50. The molecule has 1 rings (SSSR count). The van der Waals surface area contributed by atoms with Crippen LogP contribution in [0.1, 0.15) is 30.9 Å². The van der Waals surface area contributed by atoms with Crippen molar-refractivity contribution in [3.63, 3.8) is 0 Å². The van der Waals surface area contributed by atoms with Crippen molar-refractivity contribution in [1.29, 1.82) is 0 Å². The first kappa shape index (κ1) is 16.2. The maximum atomic E-state index is 13.6. The van der Waals surface area contributed by atoms with E-state index >= 15 is 0 Å². The molecule has 1 aromatic carbocycles. The van der Waals surface area contributed by atoms with Crippen molar-refractivity contribution in [2.24, 2.45) is 11.5 Å². The highest BCUT2D eigenvalue weighted by atomic mass is 35.5. The van der Waals surface area contributed by atoms with Crippen molar-refractivity contribution in [2.45, 2.75) is 25.3 Å². The Morgan fingerprint density at radius 3 is 2.59 bits per heavy atom. The van der Waals surface area contributed by atoms with E-state index in [0.717, 1.165) is 19.3 Å². The molecular weight excluding hydrogens is 243 g/mol. The van der Waals surface area contributed by atoms with Crippen LogP contribution in [0.5, 0.6) is 5.75 Å². The molecule has 3 nitrogen and oxygen atoms in total. The molecule has 4 N–H and O–H groups in total. The van der Waals surface area contributed by atoms with Crippen LogP contribution in [-0.2, 0) is 0 Å². The summed E-state index contributed by atoms with van der Waals surface area (Å²) in [5.41, 5.74) is 11.8. The summed E-state index contributed by atoms with van der Waals surface area (Å²) in [6.45, 7) is 0.651. The fourth-order valence-electron chi connectivity index (χ4n) is 1.60. The van der Waals surface area contributed by atoms with E-state index in [0.29, 0.717) is 17.9 Å². The Morgan fingerprint density at radius 1 is 1.35 bits per heavy atom. The molecule has 0 aliphatic heterocycles. The Labute approximate surface area is 108 Å². The van der Waals surface area contributed by atoms with Crippen LogP contribution in [0.25, 0.3) is 0 Å². The molecule has 0 saturated carbocycles. The zero-order valence-electron chi connectivity index (χ0n) is 9.99. The summed E-state index contributed by atoms with van der Waals surface area (Å²) in [5.74, 6) is 0.204. The number of nitrogens with two attached hydrogens (primary N) is 2. The van der Waals surface area contributed by atoms with Crippen molar-refractivity contribution in [2.75, 3.05) is 13.7 Å². The summed E-state index contributed by atoms with van der Waals surface area (Å²) in [4.78, 5) is 0. The zero-order valence-corrected chi connectivity index (χ0v) is 10.8. The van der Waals surface area contributed by atoms with Gasteiger partial charge < -0.3 is 16.2 Å². The van der Waals surface area contributed by atoms with E-state index in [1.54, 1.807) is 12.1 Å². The Balaban J connectivity index is 0.00000256. The average Bonchev–Trinajstić information content (AvgIpc) is 2.29. The normalized spacial score (nSPS) is 11.8. The number of hydrogen-bond acceptors (Lipinski definition) is 3. The lowest BCUT2D eigenvalue weighted by atomic mass is 10.0. The van der Waals surface area contributed by atoms with E-state index in [2.05, 4.69) is 0 Å². The molecule has 0 amide bonds. The molecule has 98 valence electrons. The highest BCUT2D eigenvalue weighted by Gasteiger charge is 2.11. The number of halogens is 2. The summed E-state index contributed by atoms with van der Waals surface area (Å²) in [6.07, 6.45) is 2.59. The smallest absolute Gasteiger partial charge is 0.131 e. The summed E-state index contributed by atoms with van der Waals surface area (Å²) in [5, 5.41) is 0. The van der Waals surface area contributed by atoms with Crippen molar-refractivity contribution in [3.8, 4) is 5.75 Å². The van der Waals surface area contributed by atoms with Gasteiger partial charge >= 0.3 is 0 Å². The van der Waals surface area contributed by atoms with E-state index < -0.39 is 0 Å². The number of benzene rings is 1. The van der Waals surface area contributed by atoms with Crippen LogP contribution in [-0.4, -0.2) is 13.7 Å². The molecule has 0 unspecified atom stereocenters. The van der Waals surface area contributed by atoms with E-state index in [4.69, 9.17) is 16.2 Å². The molecule has 0 fully saturated rings. The molecule has 0 bridgehead atoms. The van der Waals surface area contributed by atoms with Gasteiger partial charge in [0, 0.05) is 17.7 Å². The van der Waals surface area contributed by atoms with E-state index in [1.807, 2.05) is 0 Å². The number of hydrogen-bond donors (Lipinski definition) is 2. The minimum absolute atomic E-state index is 0. The Morgan fingerprint density at radius 2 is 2.06 bits per heavy atom. The standard InChI is InChI=1S/C12H19FN2O.ClH/c1-16-9-5-6-10(11(13)8-9)12(15)4-2-3-7-14;/h5-6,8,12H,2-4,7,14-15H2,1H3;1H/t12-;/m0./s1. The van der Waals surface area contributed by atoms with E-state index in [1.165, 1.54) is 13.2 Å². The van der Waals surface area contributed by atoms with Gasteiger partial charge in [-0.05, 0) is 25.5 Å². The Kier molecular flexibility index (Phi) is 7.87. The minimum Gasteiger partial charge on any atom is -0.497 e. The van der Waals surface area contributed by atoms with Crippen LogP contribution in [0, 0.1) is 5.82 Å². The van der Waals surface area contributed by atoms with Crippen LogP contribution in [0.4, 0.5) is 4.39 Å². The molecule has 1 atom stereocenters. The molecule has 17 heavy (non-hydrogen) atoms. The number of unbranched alkanes of at least 4 members (excludes halogenated alkanes) is 1. The highest BCUT2D eigenvalue weighted by Crippen LogP contribution is 2.23. The van der Waals surface area contributed by atoms with Crippen LogP contribution >= 0.6 is 12.4 Å². The third-order valence-corrected chi connectivity index (χ3v) is 2.58. The van der Waals surface area contributed by atoms with E-state index in [-0.39, 0.29) is 24.3 Å². The summed E-state index contributed by atoms with van der Waals surface area (Å²) < 4.78 is 18.5. The van der Waals surface area contributed by atoms with Gasteiger partial charge in [-0.2, -0.15) is 0 Å². The largest absolute Gasteiger partial charge is 0.497 e. The lowest BCUT2D eigenvalue weighted by Crippen LogP contribution is -2.12. The predicted octanol–water partition coefficient (Wildman–Crippen LogP) is 2.38. The maximum Gasteiger partial charge on any atom is 0.131 e. The van der Waals surface area contributed by atoms with Gasteiger partial charge in [0.25, 0.3) is 0 Å². The summed E-state index contributed by atoms with van der Waals surface area (Å²) in [7, 11) is 1.51. The SMILES string of the molecule is COc1ccc([C@@H](N)CCCCN)c(F)c1.Cl. The highest BCUT2D eigenvalue weighted by molar-refractivity contribution is 5.85. The second-order valence-electron chi connectivity index (χ2n) is 3.78. The predicted molar refractivity (Wildman–Crippen MR) is 70.0 cm³/mol. The van der Waals surface area contributed by atoms with Crippen LogP contribution in [0.3, 0.4) is 0 Å². The molecule has 0 spiro atoms. The Hall–Kier alpha value is -0.840. The molecule has 0 saturated heterocycles. The molecule has 0 aliphatic rings. The van der Waals surface area contributed by atoms with E-state index in [9.17, 15) is 4.39 Å². The number of ether oxygens (including phenoxy) is 1. The molecule has 0 radical (unpaired) electrons. The number of methoxy groups -OCH3 is 1. The van der Waals surface area contributed by atoms with Gasteiger partial charge in [-0.25, -0.2) is 4.39 Å². The maximum absolute atomic E-state index is 13.6. The fraction of sp³-hybridized carbons (Fsp3) is 0.500. The third-order valence-electron chi connectivity index (χ3n) is 2.58. The first-order valence-corrected chi connectivity index (χ1v) is 5.48. The quantitative estimate of drug-likeness (QED) is 0.774. The van der Waals surface area contributed by atoms with Gasteiger partial charge in [-0.1, -0.05) is 12.5 Å². The first-order chi connectivity index (χ1) is 7.69. The average molecular weight is 263 g/mol. The van der Waals surface area contributed by atoms with Crippen LogP contribution in [0.2, 0.25) is 0 Å². The van der Waals surface area contributed by atoms with Crippen LogP contribution < -0.4 is 16.2 Å². The molecule has 1 aromatic rings. The molecule has 0 heterocycles. The summed E-state index contributed by atoms with van der Waals surface area (Å²) >= 11 is 0. The van der Waals surface area contributed by atoms with Gasteiger partial charge in [0.1, 0.15) is 11.6 Å². The van der Waals surface area contributed by atoms with Gasteiger partial charge in [-0.15, -0.1) is 12.4 Å². The monoisotopic (exact) mass is 262 g/mol. The lowest BCUT2D eigenvalue weighted by molar-refractivity contribution is 0.410. The zero-order chi connectivity index (χ0) is 12.0. The first-order valence-electron chi connectivity index (χ1n) is 5.48. The lowest BCUT2D eigenvalue weighted by Gasteiger charge is -2.13. The third kappa shape index (κ3) is 4.89. The molecular formula is C12H20ClFN2O. The van der Waals surface area contributed by atoms with Gasteiger partial charge in [-0.3, -0.25) is 0 Å². The fourth-order valence-corrected chi connectivity index (χ4v) is 1.60. The Bertz CT molecular complexity index is 336. The number of rotatable bonds is 6.